The molecule has 1 aromatic heterocycles. The molecule has 0 radical (unpaired) electrons. The van der Waals surface area contributed by atoms with Crippen molar-refractivity contribution in [1.82, 2.24) is 5.32 Å². The zero-order valence-corrected chi connectivity index (χ0v) is 12.9. The molecule has 0 aliphatic rings. The van der Waals surface area contributed by atoms with Gasteiger partial charge in [0.05, 0.1) is 0 Å². The van der Waals surface area contributed by atoms with Gasteiger partial charge in [-0.15, -0.1) is 11.3 Å². The Balaban J connectivity index is 2.03. The second kappa shape index (κ2) is 5.67. The van der Waals surface area contributed by atoms with Crippen LogP contribution in [0.2, 0.25) is 0 Å². The molecule has 2 aromatic rings. The Labute approximate surface area is 123 Å². The summed E-state index contributed by atoms with van der Waals surface area (Å²) >= 11 is 1.71. The molecular weight excluding hydrogens is 268 g/mol. The smallest absolute Gasteiger partial charge is 0.251 e. The molecule has 0 saturated carbocycles. The monoisotopic (exact) mass is 288 g/mol. The fourth-order valence-corrected chi connectivity index (χ4v) is 2.79. The third-order valence-electron chi connectivity index (χ3n) is 3.42. The van der Waals surface area contributed by atoms with E-state index in [1.54, 1.807) is 23.5 Å². The van der Waals surface area contributed by atoms with Gasteiger partial charge in [-0.3, -0.25) is 4.79 Å². The van der Waals surface area contributed by atoms with E-state index >= 15 is 0 Å². The maximum Gasteiger partial charge on any atom is 0.251 e. The van der Waals surface area contributed by atoms with Gasteiger partial charge in [-0.25, -0.2) is 0 Å². The average molecular weight is 288 g/mol. The number of nitrogens with one attached hydrogen (secondary N) is 1. The highest BCUT2D eigenvalue weighted by atomic mass is 32.1. The van der Waals surface area contributed by atoms with E-state index < -0.39 is 0 Å². The first-order valence-electron chi connectivity index (χ1n) is 6.58. The number of anilines is 1. The number of amides is 1. The summed E-state index contributed by atoms with van der Waals surface area (Å²) in [6, 6.07) is 9.53. The van der Waals surface area contributed by atoms with Crippen molar-refractivity contribution in [1.29, 1.82) is 0 Å². The summed E-state index contributed by atoms with van der Waals surface area (Å²) in [6.45, 7) is 6.78. The Morgan fingerprint density at radius 3 is 2.70 bits per heavy atom. The number of nitrogens with two attached hydrogens (primary N) is 1. The van der Waals surface area contributed by atoms with Crippen LogP contribution in [0.4, 0.5) is 5.69 Å². The predicted molar refractivity (Wildman–Crippen MR) is 85.3 cm³/mol. The van der Waals surface area contributed by atoms with E-state index in [-0.39, 0.29) is 11.3 Å². The van der Waals surface area contributed by atoms with Gasteiger partial charge in [0.15, 0.2) is 0 Å². The van der Waals surface area contributed by atoms with Gasteiger partial charge in [-0.1, -0.05) is 26.0 Å². The number of rotatable bonds is 4. The van der Waals surface area contributed by atoms with Crippen molar-refractivity contribution in [3.05, 3.63) is 51.7 Å². The van der Waals surface area contributed by atoms with Gasteiger partial charge in [0.1, 0.15) is 0 Å². The van der Waals surface area contributed by atoms with E-state index in [0.29, 0.717) is 17.8 Å². The van der Waals surface area contributed by atoms with E-state index in [4.69, 9.17) is 5.73 Å². The molecule has 1 amide bonds. The lowest BCUT2D eigenvalue weighted by Gasteiger charge is -2.23. The van der Waals surface area contributed by atoms with Crippen LogP contribution in [0.25, 0.3) is 0 Å². The Hall–Kier alpha value is -1.81. The van der Waals surface area contributed by atoms with Crippen molar-refractivity contribution in [2.24, 2.45) is 0 Å². The molecule has 0 saturated heterocycles. The van der Waals surface area contributed by atoms with Gasteiger partial charge in [-0.2, -0.15) is 0 Å². The van der Waals surface area contributed by atoms with Gasteiger partial charge < -0.3 is 11.1 Å². The number of benzene rings is 1. The third kappa shape index (κ3) is 3.20. The van der Waals surface area contributed by atoms with Gasteiger partial charge in [0.2, 0.25) is 0 Å². The highest BCUT2D eigenvalue weighted by molar-refractivity contribution is 7.10. The molecule has 20 heavy (non-hydrogen) atoms. The Morgan fingerprint density at radius 1 is 1.35 bits per heavy atom. The van der Waals surface area contributed by atoms with Crippen LogP contribution in [0.15, 0.2) is 35.7 Å². The number of nitrogen functional groups attached to an aromatic ring is 1. The first kappa shape index (κ1) is 14.6. The Kier molecular flexibility index (Phi) is 4.14. The largest absolute Gasteiger partial charge is 0.398 e. The van der Waals surface area contributed by atoms with Crippen molar-refractivity contribution in [3.63, 3.8) is 0 Å². The molecule has 1 heterocycles. The molecule has 3 nitrogen and oxygen atoms in total. The SMILES string of the molecule is Cc1ccc(C(=O)NCC(C)(C)c2cccs2)cc1N. The van der Waals surface area contributed by atoms with Crippen LogP contribution in [0.3, 0.4) is 0 Å². The van der Waals surface area contributed by atoms with E-state index in [0.717, 1.165) is 5.56 Å². The molecule has 3 N–H and O–H groups in total. The lowest BCUT2D eigenvalue weighted by molar-refractivity contribution is 0.0946. The molecule has 0 atom stereocenters. The van der Waals surface area contributed by atoms with Crippen molar-refractivity contribution in [3.8, 4) is 0 Å². The summed E-state index contributed by atoms with van der Waals surface area (Å²) in [4.78, 5) is 13.4. The normalized spacial score (nSPS) is 11.3. The minimum Gasteiger partial charge on any atom is -0.398 e. The highest BCUT2D eigenvalue weighted by Gasteiger charge is 2.22. The van der Waals surface area contributed by atoms with Crippen molar-refractivity contribution in [2.75, 3.05) is 12.3 Å². The minimum atomic E-state index is -0.0821. The van der Waals surface area contributed by atoms with Crippen LogP contribution in [0, 0.1) is 6.92 Å². The summed E-state index contributed by atoms with van der Waals surface area (Å²) in [5, 5.41) is 5.04. The van der Waals surface area contributed by atoms with Crippen LogP contribution in [-0.4, -0.2) is 12.5 Å². The number of carbonyl (C=O) groups is 1. The first-order valence-corrected chi connectivity index (χ1v) is 7.46. The summed E-state index contributed by atoms with van der Waals surface area (Å²) in [5.41, 5.74) is 8.01. The summed E-state index contributed by atoms with van der Waals surface area (Å²) in [6.07, 6.45) is 0. The molecule has 4 heteroatoms. The van der Waals surface area contributed by atoms with E-state index in [2.05, 4.69) is 30.6 Å². The van der Waals surface area contributed by atoms with Crippen LogP contribution < -0.4 is 11.1 Å². The Morgan fingerprint density at radius 2 is 2.10 bits per heavy atom. The quantitative estimate of drug-likeness (QED) is 0.848. The van der Waals surface area contributed by atoms with Crippen LogP contribution in [0.5, 0.6) is 0 Å². The highest BCUT2D eigenvalue weighted by Crippen LogP contribution is 2.26. The number of aryl methyl sites for hydroxylation is 1. The number of hydrogen-bond acceptors (Lipinski definition) is 3. The second-order valence-electron chi connectivity index (χ2n) is 5.62. The molecule has 0 aliphatic heterocycles. The summed E-state index contributed by atoms with van der Waals surface area (Å²) in [5.74, 6) is -0.0821. The zero-order valence-electron chi connectivity index (χ0n) is 12.1. The van der Waals surface area contributed by atoms with Gasteiger partial charge in [-0.05, 0) is 36.1 Å². The Bertz CT molecular complexity index is 603. The topological polar surface area (TPSA) is 55.1 Å². The van der Waals surface area contributed by atoms with Gasteiger partial charge in [0, 0.05) is 28.1 Å². The average Bonchev–Trinajstić information content (AvgIpc) is 2.94. The van der Waals surface area contributed by atoms with Crippen molar-refractivity contribution < 1.29 is 4.79 Å². The third-order valence-corrected chi connectivity index (χ3v) is 4.66. The minimum absolute atomic E-state index is 0.0694. The molecule has 0 aliphatic carbocycles. The molecule has 0 spiro atoms. The van der Waals surface area contributed by atoms with Crippen LogP contribution in [-0.2, 0) is 5.41 Å². The molecule has 0 fully saturated rings. The van der Waals surface area contributed by atoms with Gasteiger partial charge in [0.25, 0.3) is 5.91 Å². The predicted octanol–water partition coefficient (Wildman–Crippen LogP) is 3.35. The second-order valence-corrected chi connectivity index (χ2v) is 6.56. The number of thiophene rings is 1. The molecule has 2 rings (SSSR count). The summed E-state index contributed by atoms with van der Waals surface area (Å²) in [7, 11) is 0. The standard InChI is InChI=1S/C16H20N2OS/c1-11-6-7-12(9-13(11)17)15(19)18-10-16(2,3)14-5-4-8-20-14/h4-9H,10,17H2,1-3H3,(H,18,19). The fourth-order valence-electron chi connectivity index (χ4n) is 1.94. The summed E-state index contributed by atoms with van der Waals surface area (Å²) < 4.78 is 0. The van der Waals surface area contributed by atoms with E-state index in [1.807, 2.05) is 19.1 Å². The molecular formula is C16H20N2OS. The number of carbonyl (C=O) groups excluding carboxylic acids is 1. The fraction of sp³-hybridized carbons (Fsp3) is 0.312. The van der Waals surface area contributed by atoms with Gasteiger partial charge >= 0.3 is 0 Å². The maximum absolute atomic E-state index is 12.2. The molecule has 0 bridgehead atoms. The van der Waals surface area contributed by atoms with Crippen molar-refractivity contribution >= 4 is 22.9 Å². The van der Waals surface area contributed by atoms with Crippen LogP contribution in [0.1, 0.15) is 34.6 Å². The van der Waals surface area contributed by atoms with Crippen molar-refractivity contribution in [2.45, 2.75) is 26.2 Å². The van der Waals surface area contributed by atoms with Crippen LogP contribution >= 0.6 is 11.3 Å². The zero-order chi connectivity index (χ0) is 14.8. The maximum atomic E-state index is 12.2. The molecule has 0 unspecified atom stereocenters. The molecule has 106 valence electrons. The first-order chi connectivity index (χ1) is 9.40. The lowest BCUT2D eigenvalue weighted by Crippen LogP contribution is -2.36. The van der Waals surface area contributed by atoms with E-state index in [9.17, 15) is 4.79 Å². The lowest BCUT2D eigenvalue weighted by atomic mass is 9.91. The van der Waals surface area contributed by atoms with E-state index in [1.165, 1.54) is 4.88 Å². The number of hydrogen-bond donors (Lipinski definition) is 2. The molecule has 1 aromatic carbocycles.